The van der Waals surface area contributed by atoms with Crippen LogP contribution in [0.4, 0.5) is 11.5 Å². The van der Waals surface area contributed by atoms with Crippen LogP contribution in [0.2, 0.25) is 0 Å². The fourth-order valence-corrected chi connectivity index (χ4v) is 2.12. The minimum atomic E-state index is -0.454. The molecule has 0 unspecified atom stereocenters. The summed E-state index contributed by atoms with van der Waals surface area (Å²) < 4.78 is 0.152. The molecule has 2 rings (SSSR count). The van der Waals surface area contributed by atoms with E-state index in [2.05, 4.69) is 15.0 Å². The maximum absolute atomic E-state index is 11.6. The number of H-pyrrole nitrogens is 2. The number of anilines is 1. The number of hydrogen-bond donors (Lipinski definition) is 3. The zero-order valence-corrected chi connectivity index (χ0v) is 10.6. The van der Waals surface area contributed by atoms with Crippen molar-refractivity contribution in [2.75, 3.05) is 5.73 Å². The zero-order valence-electron chi connectivity index (χ0n) is 8.93. The van der Waals surface area contributed by atoms with E-state index in [1.54, 1.807) is 12.1 Å². The molecule has 6 nitrogen and oxygen atoms in total. The third-order valence-corrected chi connectivity index (χ3v) is 3.13. The van der Waals surface area contributed by atoms with Gasteiger partial charge in [0.05, 0.1) is 0 Å². The molecule has 0 atom stereocenters. The first kappa shape index (κ1) is 12.2. The van der Waals surface area contributed by atoms with Crippen LogP contribution in [-0.2, 0) is 0 Å². The van der Waals surface area contributed by atoms with Gasteiger partial charge < -0.3 is 10.7 Å². The standard InChI is InChI=1S/C10H7N5OS2/c11-3-5-1-2-6(18-5)4-13-7-8(12)14-10(17)15-9(7)16/h1-2,4H,(H4,12,14,15,16,17). The molecule has 18 heavy (non-hydrogen) atoms. The lowest BCUT2D eigenvalue weighted by Gasteiger charge is -1.97. The summed E-state index contributed by atoms with van der Waals surface area (Å²) in [5, 5.41) is 8.68. The van der Waals surface area contributed by atoms with E-state index in [9.17, 15) is 4.79 Å². The molecule has 0 saturated heterocycles. The summed E-state index contributed by atoms with van der Waals surface area (Å²) in [6.07, 6.45) is 1.48. The van der Waals surface area contributed by atoms with Crippen molar-refractivity contribution >= 4 is 41.3 Å². The Bertz CT molecular complexity index is 762. The minimum absolute atomic E-state index is 0.0653. The average molecular weight is 277 g/mol. The van der Waals surface area contributed by atoms with E-state index in [0.717, 1.165) is 4.88 Å². The third-order valence-electron chi connectivity index (χ3n) is 2.00. The molecular weight excluding hydrogens is 270 g/mol. The van der Waals surface area contributed by atoms with Crippen molar-refractivity contribution in [1.29, 1.82) is 5.26 Å². The normalized spacial score (nSPS) is 10.6. The summed E-state index contributed by atoms with van der Waals surface area (Å²) >= 11 is 6.04. The smallest absolute Gasteiger partial charge is 0.279 e. The van der Waals surface area contributed by atoms with Gasteiger partial charge in [0, 0.05) is 11.1 Å². The van der Waals surface area contributed by atoms with Crippen molar-refractivity contribution in [3.63, 3.8) is 0 Å². The lowest BCUT2D eigenvalue weighted by atomic mass is 10.4. The number of nitriles is 1. The second-order valence-corrected chi connectivity index (χ2v) is 4.77. The highest BCUT2D eigenvalue weighted by molar-refractivity contribution is 7.71. The van der Waals surface area contributed by atoms with E-state index < -0.39 is 5.56 Å². The van der Waals surface area contributed by atoms with Crippen LogP contribution in [0.3, 0.4) is 0 Å². The van der Waals surface area contributed by atoms with Gasteiger partial charge >= 0.3 is 0 Å². The fraction of sp³-hybridized carbons (Fsp3) is 0. The first-order valence-electron chi connectivity index (χ1n) is 4.76. The molecule has 0 radical (unpaired) electrons. The number of nitrogens with one attached hydrogen (secondary N) is 2. The summed E-state index contributed by atoms with van der Waals surface area (Å²) in [7, 11) is 0. The largest absolute Gasteiger partial charge is 0.383 e. The summed E-state index contributed by atoms with van der Waals surface area (Å²) in [5.74, 6) is 0.108. The molecule has 90 valence electrons. The van der Waals surface area contributed by atoms with Crippen LogP contribution in [-0.4, -0.2) is 16.2 Å². The molecule has 2 aromatic heterocycles. The maximum atomic E-state index is 11.6. The molecule has 4 N–H and O–H groups in total. The quantitative estimate of drug-likeness (QED) is 0.573. The Kier molecular flexibility index (Phi) is 3.36. The molecule has 2 aromatic rings. The number of aliphatic imine (C=N–C) groups is 1. The Morgan fingerprint density at radius 3 is 2.89 bits per heavy atom. The Balaban J connectivity index is 2.38. The third kappa shape index (κ3) is 2.53. The van der Waals surface area contributed by atoms with Gasteiger partial charge in [0.15, 0.2) is 10.5 Å². The van der Waals surface area contributed by atoms with Crippen molar-refractivity contribution in [2.45, 2.75) is 0 Å². The molecule has 0 fully saturated rings. The molecule has 0 spiro atoms. The average Bonchev–Trinajstić information content (AvgIpc) is 2.75. The lowest BCUT2D eigenvalue weighted by Crippen LogP contribution is -2.10. The van der Waals surface area contributed by atoms with Crippen molar-refractivity contribution in [1.82, 2.24) is 9.97 Å². The Hall–Kier alpha value is -2.24. The number of nitrogens with zero attached hydrogens (tertiary/aromatic N) is 2. The highest BCUT2D eigenvalue weighted by Gasteiger charge is 2.03. The number of nitrogens with two attached hydrogens (primary N) is 1. The van der Waals surface area contributed by atoms with Crippen LogP contribution < -0.4 is 11.3 Å². The first-order valence-corrected chi connectivity index (χ1v) is 5.98. The number of hydrogen-bond acceptors (Lipinski definition) is 6. The van der Waals surface area contributed by atoms with Gasteiger partial charge in [0.25, 0.3) is 5.56 Å². The van der Waals surface area contributed by atoms with Crippen LogP contribution in [0, 0.1) is 16.1 Å². The Morgan fingerprint density at radius 1 is 1.50 bits per heavy atom. The highest BCUT2D eigenvalue weighted by atomic mass is 32.1. The first-order chi connectivity index (χ1) is 8.60. The molecule has 0 aliphatic heterocycles. The van der Waals surface area contributed by atoms with E-state index in [0.29, 0.717) is 4.88 Å². The molecule has 0 saturated carbocycles. The van der Waals surface area contributed by atoms with Gasteiger partial charge in [-0.25, -0.2) is 4.99 Å². The van der Waals surface area contributed by atoms with E-state index in [4.69, 9.17) is 23.2 Å². The summed E-state index contributed by atoms with van der Waals surface area (Å²) in [6.45, 7) is 0. The van der Waals surface area contributed by atoms with Gasteiger partial charge in [-0.15, -0.1) is 11.3 Å². The fourth-order valence-electron chi connectivity index (χ4n) is 1.24. The minimum Gasteiger partial charge on any atom is -0.383 e. The second kappa shape index (κ2) is 4.95. The van der Waals surface area contributed by atoms with Gasteiger partial charge in [-0.1, -0.05) is 0 Å². The van der Waals surface area contributed by atoms with Gasteiger partial charge in [-0.05, 0) is 24.4 Å². The SMILES string of the molecule is N#Cc1ccc(C=Nc2c(N)[nH]c(=S)[nH]c2=O)s1. The van der Waals surface area contributed by atoms with Crippen LogP contribution in [0.1, 0.15) is 9.75 Å². The number of aromatic amines is 2. The molecule has 0 aromatic carbocycles. The van der Waals surface area contributed by atoms with Crippen molar-refractivity contribution < 1.29 is 0 Å². The van der Waals surface area contributed by atoms with Crippen molar-refractivity contribution in [3.05, 3.63) is 37.0 Å². The maximum Gasteiger partial charge on any atom is 0.279 e. The molecule has 0 bridgehead atoms. The van der Waals surface area contributed by atoms with Gasteiger partial charge in [0.2, 0.25) is 0 Å². The lowest BCUT2D eigenvalue weighted by molar-refractivity contribution is 1.09. The Labute approximate surface area is 110 Å². The van der Waals surface area contributed by atoms with Crippen LogP contribution in [0.25, 0.3) is 0 Å². The molecule has 8 heteroatoms. The van der Waals surface area contributed by atoms with E-state index >= 15 is 0 Å². The van der Waals surface area contributed by atoms with Crippen LogP contribution >= 0.6 is 23.6 Å². The molecule has 2 heterocycles. The zero-order chi connectivity index (χ0) is 13.1. The molecule has 0 amide bonds. The number of aromatic nitrogens is 2. The van der Waals surface area contributed by atoms with Gasteiger partial charge in [-0.2, -0.15) is 5.26 Å². The van der Waals surface area contributed by atoms with Gasteiger partial charge in [-0.3, -0.25) is 9.78 Å². The van der Waals surface area contributed by atoms with E-state index in [1.807, 2.05) is 6.07 Å². The predicted molar refractivity (Wildman–Crippen MR) is 72.9 cm³/mol. The number of rotatable bonds is 2. The highest BCUT2D eigenvalue weighted by Crippen LogP contribution is 2.16. The molecule has 0 aliphatic rings. The summed E-state index contributed by atoms with van der Waals surface area (Å²) in [6, 6.07) is 5.44. The summed E-state index contributed by atoms with van der Waals surface area (Å²) in [4.78, 5) is 21.9. The second-order valence-electron chi connectivity index (χ2n) is 3.24. The van der Waals surface area contributed by atoms with Crippen molar-refractivity contribution in [3.8, 4) is 6.07 Å². The summed E-state index contributed by atoms with van der Waals surface area (Å²) in [5.41, 5.74) is 5.22. The van der Waals surface area contributed by atoms with Crippen LogP contribution in [0.15, 0.2) is 21.9 Å². The molecule has 0 aliphatic carbocycles. The monoisotopic (exact) mass is 277 g/mol. The topological polar surface area (TPSA) is 111 Å². The number of nitrogen functional groups attached to an aromatic ring is 1. The Morgan fingerprint density at radius 2 is 2.28 bits per heavy atom. The van der Waals surface area contributed by atoms with Gasteiger partial charge in [0.1, 0.15) is 16.8 Å². The predicted octanol–water partition coefficient (Wildman–Crippen LogP) is 1.70. The number of thiophene rings is 1. The van der Waals surface area contributed by atoms with Crippen LogP contribution in [0.5, 0.6) is 0 Å². The molecular formula is C10H7N5OS2. The van der Waals surface area contributed by atoms with E-state index in [-0.39, 0.29) is 16.3 Å². The van der Waals surface area contributed by atoms with E-state index in [1.165, 1.54) is 17.6 Å². The van der Waals surface area contributed by atoms with Crippen molar-refractivity contribution in [2.24, 2.45) is 4.99 Å².